The number of aromatic nitrogens is 2. The monoisotopic (exact) mass is 429 g/mol. The van der Waals surface area contributed by atoms with Crippen LogP contribution in [0, 0.1) is 0 Å². The summed E-state index contributed by atoms with van der Waals surface area (Å²) in [5.74, 6) is 0.760. The summed E-state index contributed by atoms with van der Waals surface area (Å²) in [4.78, 5) is 4.83. The van der Waals surface area contributed by atoms with Gasteiger partial charge in [-0.2, -0.15) is 9.29 Å². The topological polar surface area (TPSA) is 76.3 Å². The smallest absolute Gasteiger partial charge is 0.245 e. The van der Waals surface area contributed by atoms with Crippen molar-refractivity contribution in [3.63, 3.8) is 0 Å². The standard InChI is InChI=1S/C21H20ClN3O3S/c22-17-9-6-15(7-10-17)20-23-21(28-24-20)19-5-2-12-25(19)29(26,27)18-11-8-14-3-1-4-16(14)13-18/h6-11,13,19H,1-5,12H2. The molecule has 6 nitrogen and oxygen atoms in total. The first-order valence-corrected chi connectivity index (χ1v) is 11.6. The molecule has 1 unspecified atom stereocenters. The molecule has 0 radical (unpaired) electrons. The van der Waals surface area contributed by atoms with Crippen molar-refractivity contribution in [1.29, 1.82) is 0 Å². The van der Waals surface area contributed by atoms with Gasteiger partial charge in [-0.1, -0.05) is 22.8 Å². The maximum Gasteiger partial charge on any atom is 0.245 e. The molecule has 0 bridgehead atoms. The zero-order valence-corrected chi connectivity index (χ0v) is 17.3. The van der Waals surface area contributed by atoms with E-state index in [4.69, 9.17) is 16.1 Å². The van der Waals surface area contributed by atoms with E-state index in [1.807, 2.05) is 24.3 Å². The van der Waals surface area contributed by atoms with E-state index in [9.17, 15) is 8.42 Å². The van der Waals surface area contributed by atoms with E-state index in [2.05, 4.69) is 10.1 Å². The van der Waals surface area contributed by atoms with Crippen LogP contribution in [0.3, 0.4) is 0 Å². The quantitative estimate of drug-likeness (QED) is 0.614. The first kappa shape index (κ1) is 18.8. The summed E-state index contributed by atoms with van der Waals surface area (Å²) >= 11 is 5.93. The van der Waals surface area contributed by atoms with Crippen LogP contribution in [-0.4, -0.2) is 29.4 Å². The lowest BCUT2D eigenvalue weighted by atomic mass is 10.1. The van der Waals surface area contributed by atoms with Gasteiger partial charge in [-0.05, 0) is 79.6 Å². The molecule has 0 saturated carbocycles. The minimum atomic E-state index is -3.63. The van der Waals surface area contributed by atoms with Gasteiger partial charge in [0.2, 0.25) is 21.7 Å². The second-order valence-corrected chi connectivity index (χ2v) is 9.85. The van der Waals surface area contributed by atoms with E-state index < -0.39 is 16.1 Å². The maximum absolute atomic E-state index is 13.4. The van der Waals surface area contributed by atoms with Gasteiger partial charge in [0.25, 0.3) is 0 Å². The molecule has 29 heavy (non-hydrogen) atoms. The molecular weight excluding hydrogens is 410 g/mol. The van der Waals surface area contributed by atoms with Crippen LogP contribution in [0.1, 0.15) is 42.3 Å². The fraction of sp³-hybridized carbons (Fsp3) is 0.333. The Hall–Kier alpha value is -2.22. The number of rotatable bonds is 4. The van der Waals surface area contributed by atoms with Crippen molar-refractivity contribution in [2.45, 2.75) is 43.0 Å². The second kappa shape index (κ2) is 7.23. The minimum absolute atomic E-state index is 0.331. The Morgan fingerprint density at radius 3 is 2.66 bits per heavy atom. The van der Waals surface area contributed by atoms with Crippen molar-refractivity contribution in [2.75, 3.05) is 6.54 Å². The van der Waals surface area contributed by atoms with Gasteiger partial charge >= 0.3 is 0 Å². The number of halogens is 1. The predicted octanol–water partition coefficient (Wildman–Crippen LogP) is 4.40. The van der Waals surface area contributed by atoms with Crippen molar-refractivity contribution < 1.29 is 12.9 Å². The number of fused-ring (bicyclic) bond motifs is 1. The molecule has 1 atom stereocenters. The van der Waals surface area contributed by atoms with Gasteiger partial charge in [0, 0.05) is 17.1 Å². The lowest BCUT2D eigenvalue weighted by Crippen LogP contribution is -2.31. The van der Waals surface area contributed by atoms with Crippen LogP contribution in [0.4, 0.5) is 0 Å². The van der Waals surface area contributed by atoms with Crippen LogP contribution in [0.25, 0.3) is 11.4 Å². The van der Waals surface area contributed by atoms with Gasteiger partial charge in [0.05, 0.1) is 4.90 Å². The molecule has 1 fully saturated rings. The first-order valence-electron chi connectivity index (χ1n) is 9.75. The Morgan fingerprint density at radius 2 is 1.83 bits per heavy atom. The van der Waals surface area contributed by atoms with Crippen LogP contribution in [-0.2, 0) is 22.9 Å². The molecule has 1 aliphatic heterocycles. The highest BCUT2D eigenvalue weighted by atomic mass is 35.5. The van der Waals surface area contributed by atoms with Crippen LogP contribution >= 0.6 is 11.6 Å². The molecule has 2 aliphatic rings. The van der Waals surface area contributed by atoms with E-state index in [-0.39, 0.29) is 0 Å². The zero-order valence-electron chi connectivity index (χ0n) is 15.7. The summed E-state index contributed by atoms with van der Waals surface area (Å²) in [5.41, 5.74) is 3.17. The third-order valence-electron chi connectivity index (χ3n) is 5.71. The molecule has 0 spiro atoms. The summed E-state index contributed by atoms with van der Waals surface area (Å²) < 4.78 is 33.7. The lowest BCUT2D eigenvalue weighted by molar-refractivity contribution is 0.290. The van der Waals surface area contributed by atoms with E-state index in [0.29, 0.717) is 34.6 Å². The average molecular weight is 430 g/mol. The molecular formula is C21H20ClN3O3S. The Bertz CT molecular complexity index is 1160. The molecule has 1 aromatic heterocycles. The number of hydrogen-bond donors (Lipinski definition) is 0. The molecule has 2 heterocycles. The number of sulfonamides is 1. The van der Waals surface area contributed by atoms with Crippen LogP contribution in [0.5, 0.6) is 0 Å². The molecule has 1 aliphatic carbocycles. The number of benzene rings is 2. The van der Waals surface area contributed by atoms with Gasteiger partial charge in [0.1, 0.15) is 6.04 Å². The summed E-state index contributed by atoms with van der Waals surface area (Å²) in [6.45, 7) is 0.447. The highest BCUT2D eigenvalue weighted by Crippen LogP contribution is 2.37. The fourth-order valence-corrected chi connectivity index (χ4v) is 6.03. The van der Waals surface area contributed by atoms with Crippen LogP contribution in [0.15, 0.2) is 51.9 Å². The first-order chi connectivity index (χ1) is 14.0. The second-order valence-electron chi connectivity index (χ2n) is 7.52. The summed E-state index contributed by atoms with van der Waals surface area (Å²) in [5, 5.41) is 4.67. The molecule has 2 aromatic carbocycles. The SMILES string of the molecule is O=S(=O)(c1ccc2c(c1)CCC2)N1CCCC1c1nc(-c2ccc(Cl)cc2)no1. The molecule has 150 valence electrons. The minimum Gasteiger partial charge on any atom is -0.337 e. The Morgan fingerprint density at radius 1 is 1.03 bits per heavy atom. The van der Waals surface area contributed by atoms with Crippen molar-refractivity contribution in [1.82, 2.24) is 14.4 Å². The summed E-state index contributed by atoms with van der Waals surface area (Å²) in [6, 6.07) is 12.2. The molecule has 5 rings (SSSR count). The molecule has 0 amide bonds. The van der Waals surface area contributed by atoms with E-state index in [1.165, 1.54) is 9.87 Å². The van der Waals surface area contributed by atoms with Crippen LogP contribution < -0.4 is 0 Å². The summed E-state index contributed by atoms with van der Waals surface area (Å²) in [6.07, 6.45) is 4.47. The van der Waals surface area contributed by atoms with Crippen LogP contribution in [0.2, 0.25) is 5.02 Å². The molecule has 3 aromatic rings. The highest BCUT2D eigenvalue weighted by Gasteiger charge is 2.39. The number of aryl methyl sites for hydroxylation is 2. The Kier molecular flexibility index (Phi) is 4.69. The molecule has 0 N–H and O–H groups in total. The normalized spacial score (nSPS) is 19.6. The third-order valence-corrected chi connectivity index (χ3v) is 7.87. The maximum atomic E-state index is 13.4. The number of hydrogen-bond acceptors (Lipinski definition) is 5. The van der Waals surface area contributed by atoms with Crippen molar-refractivity contribution in [3.8, 4) is 11.4 Å². The fourth-order valence-electron chi connectivity index (χ4n) is 4.21. The molecule has 1 saturated heterocycles. The number of nitrogens with zero attached hydrogens (tertiary/aromatic N) is 3. The highest BCUT2D eigenvalue weighted by molar-refractivity contribution is 7.89. The van der Waals surface area contributed by atoms with E-state index in [1.54, 1.807) is 18.2 Å². The Balaban J connectivity index is 1.45. The largest absolute Gasteiger partial charge is 0.337 e. The van der Waals surface area contributed by atoms with E-state index >= 15 is 0 Å². The zero-order chi connectivity index (χ0) is 20.0. The van der Waals surface area contributed by atoms with Gasteiger partial charge in [-0.15, -0.1) is 0 Å². The van der Waals surface area contributed by atoms with Gasteiger partial charge in [-0.25, -0.2) is 8.42 Å². The third kappa shape index (κ3) is 3.37. The van der Waals surface area contributed by atoms with Crippen molar-refractivity contribution in [2.24, 2.45) is 0 Å². The van der Waals surface area contributed by atoms with Crippen molar-refractivity contribution >= 4 is 21.6 Å². The predicted molar refractivity (Wildman–Crippen MR) is 109 cm³/mol. The Labute approximate surface area is 174 Å². The van der Waals surface area contributed by atoms with Gasteiger partial charge < -0.3 is 4.52 Å². The average Bonchev–Trinajstić information content (AvgIpc) is 3.46. The molecule has 8 heteroatoms. The van der Waals surface area contributed by atoms with Gasteiger partial charge in [0.15, 0.2) is 0 Å². The van der Waals surface area contributed by atoms with Crippen molar-refractivity contribution in [3.05, 3.63) is 64.5 Å². The summed E-state index contributed by atoms with van der Waals surface area (Å²) in [7, 11) is -3.63. The lowest BCUT2D eigenvalue weighted by Gasteiger charge is -2.21. The van der Waals surface area contributed by atoms with Gasteiger partial charge in [-0.3, -0.25) is 0 Å². The van der Waals surface area contributed by atoms with E-state index in [0.717, 1.165) is 36.8 Å².